The lowest BCUT2D eigenvalue weighted by Gasteiger charge is -2.07. The summed E-state index contributed by atoms with van der Waals surface area (Å²) in [6, 6.07) is 13.0. The van der Waals surface area contributed by atoms with E-state index < -0.39 is 9.84 Å². The second-order valence-electron chi connectivity index (χ2n) is 5.59. The molecule has 0 radical (unpaired) electrons. The van der Waals surface area contributed by atoms with Crippen LogP contribution < -0.4 is 5.73 Å². The summed E-state index contributed by atoms with van der Waals surface area (Å²) < 4.78 is 24.9. The van der Waals surface area contributed by atoms with Crippen molar-refractivity contribution >= 4 is 15.5 Å². The minimum Gasteiger partial charge on any atom is -0.399 e. The number of hydrogen-bond donors (Lipinski definition) is 1. The maximum Gasteiger partial charge on any atom is 0.178 e. The molecule has 2 aromatic carbocycles. The summed E-state index contributed by atoms with van der Waals surface area (Å²) >= 11 is 0. The number of sulfone groups is 1. The number of nitrogens with two attached hydrogens (primary N) is 1. The standard InChI is InChI=1S/C17H19NO2S/c18-16-7-4-13(5-8-16)10-11-21(19,20)17-9-6-14-2-1-3-15(14)12-17/h4-9,12H,1-3,10-11,18H2. The molecule has 1 aliphatic rings. The van der Waals surface area contributed by atoms with Crippen molar-refractivity contribution < 1.29 is 8.42 Å². The Morgan fingerprint density at radius 2 is 1.67 bits per heavy atom. The van der Waals surface area contributed by atoms with E-state index in [1.165, 1.54) is 11.1 Å². The predicted octanol–water partition coefficient (Wildman–Crippen LogP) is 2.77. The molecule has 0 spiro atoms. The lowest BCUT2D eigenvalue weighted by molar-refractivity contribution is 0.595. The molecule has 3 rings (SSSR count). The zero-order chi connectivity index (χ0) is 14.9. The van der Waals surface area contributed by atoms with E-state index in [-0.39, 0.29) is 5.75 Å². The van der Waals surface area contributed by atoms with Crippen LogP contribution in [0.4, 0.5) is 5.69 Å². The Morgan fingerprint density at radius 1 is 0.952 bits per heavy atom. The first-order valence-corrected chi connectivity index (χ1v) is 8.89. The Bertz CT molecular complexity index is 749. The molecule has 4 heteroatoms. The van der Waals surface area contributed by atoms with E-state index in [2.05, 4.69) is 0 Å². The molecule has 3 nitrogen and oxygen atoms in total. The van der Waals surface area contributed by atoms with Gasteiger partial charge in [-0.25, -0.2) is 8.42 Å². The first kappa shape index (κ1) is 14.1. The van der Waals surface area contributed by atoms with Gasteiger partial charge < -0.3 is 5.73 Å². The van der Waals surface area contributed by atoms with Gasteiger partial charge in [-0.05, 0) is 66.6 Å². The van der Waals surface area contributed by atoms with Crippen LogP contribution >= 0.6 is 0 Å². The predicted molar refractivity (Wildman–Crippen MR) is 85.1 cm³/mol. The largest absolute Gasteiger partial charge is 0.399 e. The molecular weight excluding hydrogens is 282 g/mol. The summed E-state index contributed by atoms with van der Waals surface area (Å²) in [4.78, 5) is 0.457. The number of benzene rings is 2. The van der Waals surface area contributed by atoms with Crippen LogP contribution in [0.3, 0.4) is 0 Å². The van der Waals surface area contributed by atoms with Crippen molar-refractivity contribution in [3.05, 3.63) is 59.2 Å². The number of fused-ring (bicyclic) bond motifs is 1. The van der Waals surface area contributed by atoms with E-state index in [9.17, 15) is 8.42 Å². The Morgan fingerprint density at radius 3 is 2.43 bits per heavy atom. The molecule has 2 aromatic rings. The molecule has 2 N–H and O–H groups in total. The first-order chi connectivity index (χ1) is 10.0. The number of nitrogen functional groups attached to an aromatic ring is 1. The third kappa shape index (κ3) is 3.10. The van der Waals surface area contributed by atoms with Crippen LogP contribution in [0.15, 0.2) is 47.4 Å². The van der Waals surface area contributed by atoms with Gasteiger partial charge in [0.1, 0.15) is 0 Å². The molecule has 0 aliphatic heterocycles. The van der Waals surface area contributed by atoms with Gasteiger partial charge in [-0.2, -0.15) is 0 Å². The quantitative estimate of drug-likeness (QED) is 0.883. The van der Waals surface area contributed by atoms with E-state index in [0.717, 1.165) is 24.8 Å². The summed E-state index contributed by atoms with van der Waals surface area (Å²) in [6.45, 7) is 0. The SMILES string of the molecule is Nc1ccc(CCS(=O)(=O)c2ccc3c(c2)CCC3)cc1. The second-order valence-corrected chi connectivity index (χ2v) is 7.70. The number of hydrogen-bond acceptors (Lipinski definition) is 3. The average molecular weight is 301 g/mol. The van der Waals surface area contributed by atoms with Crippen molar-refractivity contribution in [3.8, 4) is 0 Å². The van der Waals surface area contributed by atoms with Crippen molar-refractivity contribution in [1.29, 1.82) is 0 Å². The van der Waals surface area contributed by atoms with Gasteiger partial charge in [0, 0.05) is 5.69 Å². The van der Waals surface area contributed by atoms with Crippen LogP contribution in [0, 0.1) is 0 Å². The topological polar surface area (TPSA) is 60.2 Å². The summed E-state index contributed by atoms with van der Waals surface area (Å²) in [7, 11) is -3.22. The third-order valence-electron chi connectivity index (χ3n) is 4.07. The highest BCUT2D eigenvalue weighted by molar-refractivity contribution is 7.91. The van der Waals surface area contributed by atoms with E-state index in [0.29, 0.717) is 17.0 Å². The molecule has 0 aromatic heterocycles. The zero-order valence-corrected chi connectivity index (χ0v) is 12.7. The number of aryl methyl sites for hydroxylation is 3. The fourth-order valence-electron chi connectivity index (χ4n) is 2.80. The van der Waals surface area contributed by atoms with Crippen molar-refractivity contribution in [2.45, 2.75) is 30.6 Å². The molecule has 0 saturated heterocycles. The summed E-state index contributed by atoms with van der Waals surface area (Å²) in [5.41, 5.74) is 9.82. The minimum atomic E-state index is -3.22. The van der Waals surface area contributed by atoms with Crippen LogP contribution in [-0.4, -0.2) is 14.2 Å². The maximum absolute atomic E-state index is 12.4. The molecule has 0 heterocycles. The van der Waals surface area contributed by atoms with Gasteiger partial charge in [0.25, 0.3) is 0 Å². The molecule has 0 bridgehead atoms. The van der Waals surface area contributed by atoms with E-state index in [1.807, 2.05) is 24.3 Å². The highest BCUT2D eigenvalue weighted by Gasteiger charge is 2.18. The van der Waals surface area contributed by atoms with Gasteiger partial charge in [0.15, 0.2) is 9.84 Å². The normalized spacial score (nSPS) is 14.1. The van der Waals surface area contributed by atoms with Crippen molar-refractivity contribution in [1.82, 2.24) is 0 Å². The monoisotopic (exact) mass is 301 g/mol. The lowest BCUT2D eigenvalue weighted by atomic mass is 10.1. The molecular formula is C17H19NO2S. The molecule has 0 fully saturated rings. The van der Waals surface area contributed by atoms with Crippen LogP contribution in [-0.2, 0) is 29.1 Å². The fourth-order valence-corrected chi connectivity index (χ4v) is 4.13. The summed E-state index contributed by atoms with van der Waals surface area (Å²) in [5.74, 6) is 0.135. The van der Waals surface area contributed by atoms with Crippen LogP contribution in [0.25, 0.3) is 0 Å². The van der Waals surface area contributed by atoms with Gasteiger partial charge in [0.2, 0.25) is 0 Å². The zero-order valence-electron chi connectivity index (χ0n) is 11.9. The fraction of sp³-hybridized carbons (Fsp3) is 0.294. The second kappa shape index (κ2) is 5.53. The highest BCUT2D eigenvalue weighted by Crippen LogP contribution is 2.25. The molecule has 0 unspecified atom stereocenters. The van der Waals surface area contributed by atoms with Gasteiger partial charge in [-0.3, -0.25) is 0 Å². The van der Waals surface area contributed by atoms with Crippen LogP contribution in [0.1, 0.15) is 23.1 Å². The molecule has 110 valence electrons. The smallest absolute Gasteiger partial charge is 0.178 e. The minimum absolute atomic E-state index is 0.135. The average Bonchev–Trinajstić information content (AvgIpc) is 2.94. The van der Waals surface area contributed by atoms with E-state index in [4.69, 9.17) is 5.73 Å². The number of rotatable bonds is 4. The molecule has 21 heavy (non-hydrogen) atoms. The van der Waals surface area contributed by atoms with E-state index in [1.54, 1.807) is 18.2 Å². The summed E-state index contributed by atoms with van der Waals surface area (Å²) in [6.07, 6.45) is 3.71. The van der Waals surface area contributed by atoms with Gasteiger partial charge in [-0.15, -0.1) is 0 Å². The molecule has 0 atom stereocenters. The van der Waals surface area contributed by atoms with Gasteiger partial charge in [0.05, 0.1) is 10.6 Å². The Balaban J connectivity index is 1.76. The molecule has 1 aliphatic carbocycles. The molecule has 0 amide bonds. The van der Waals surface area contributed by atoms with Crippen molar-refractivity contribution in [2.24, 2.45) is 0 Å². The molecule has 0 saturated carbocycles. The van der Waals surface area contributed by atoms with Crippen molar-refractivity contribution in [3.63, 3.8) is 0 Å². The Hall–Kier alpha value is -1.81. The van der Waals surface area contributed by atoms with Gasteiger partial charge >= 0.3 is 0 Å². The lowest BCUT2D eigenvalue weighted by Crippen LogP contribution is -2.09. The van der Waals surface area contributed by atoms with Crippen molar-refractivity contribution in [2.75, 3.05) is 11.5 Å². The van der Waals surface area contributed by atoms with Crippen LogP contribution in [0.5, 0.6) is 0 Å². The Kier molecular flexibility index (Phi) is 3.72. The van der Waals surface area contributed by atoms with Crippen LogP contribution in [0.2, 0.25) is 0 Å². The van der Waals surface area contributed by atoms with Gasteiger partial charge in [-0.1, -0.05) is 18.2 Å². The Labute approximate surface area is 125 Å². The number of anilines is 1. The third-order valence-corrected chi connectivity index (χ3v) is 5.78. The first-order valence-electron chi connectivity index (χ1n) is 7.23. The highest BCUT2D eigenvalue weighted by atomic mass is 32.2. The summed E-state index contributed by atoms with van der Waals surface area (Å²) in [5, 5.41) is 0. The van der Waals surface area contributed by atoms with E-state index >= 15 is 0 Å². The maximum atomic E-state index is 12.4.